The number of hydrogen-bond donors (Lipinski definition) is 1. The van der Waals surface area contributed by atoms with E-state index in [0.717, 1.165) is 19.3 Å². The maximum Gasteiger partial charge on any atom is 0.257 e. The lowest BCUT2D eigenvalue weighted by molar-refractivity contribution is -0.123. The van der Waals surface area contributed by atoms with Gasteiger partial charge in [0.15, 0.2) is 12.4 Å². The molecule has 0 aromatic heterocycles. The van der Waals surface area contributed by atoms with E-state index >= 15 is 0 Å². The number of amides is 1. The van der Waals surface area contributed by atoms with E-state index < -0.39 is 0 Å². The second-order valence-electron chi connectivity index (χ2n) is 5.20. The average Bonchev–Trinajstić information content (AvgIpc) is 2.47. The molecule has 2 rings (SSSR count). The maximum absolute atomic E-state index is 11.8. The third-order valence-electron chi connectivity index (χ3n) is 3.46. The summed E-state index contributed by atoms with van der Waals surface area (Å²) in [5.74, 6) is 0.269. The van der Waals surface area contributed by atoms with Crippen LogP contribution in [0.15, 0.2) is 28.3 Å². The van der Waals surface area contributed by atoms with Crippen molar-refractivity contribution in [1.82, 2.24) is 5.32 Å². The van der Waals surface area contributed by atoms with Gasteiger partial charge in [0.05, 0.1) is 9.50 Å². The molecule has 3 nitrogen and oxygen atoms in total. The fraction of sp³-hybridized carbons (Fsp3) is 0.438. The van der Waals surface area contributed by atoms with Crippen molar-refractivity contribution in [1.29, 1.82) is 0 Å². The molecule has 0 fully saturated rings. The van der Waals surface area contributed by atoms with Gasteiger partial charge >= 0.3 is 0 Å². The first-order valence-electron chi connectivity index (χ1n) is 7.28. The quantitative estimate of drug-likeness (QED) is 0.664. The Kier molecular flexibility index (Phi) is 7.06. The Bertz CT molecular complexity index is 552. The molecule has 0 spiro atoms. The Morgan fingerprint density at radius 3 is 2.82 bits per heavy atom. The van der Waals surface area contributed by atoms with Gasteiger partial charge in [0.25, 0.3) is 5.91 Å². The number of nitrogens with one attached hydrogen (secondary N) is 1. The zero-order chi connectivity index (χ0) is 15.9. The molecule has 1 N–H and O–H groups in total. The average molecular weight is 407 g/mol. The fourth-order valence-electron chi connectivity index (χ4n) is 2.35. The van der Waals surface area contributed by atoms with Gasteiger partial charge in [-0.05, 0) is 60.2 Å². The largest absolute Gasteiger partial charge is 0.481 e. The minimum absolute atomic E-state index is 0.0704. The number of ether oxygens (including phenoxy) is 1. The van der Waals surface area contributed by atoms with Crippen molar-refractivity contribution in [3.05, 3.63) is 38.3 Å². The van der Waals surface area contributed by atoms with Crippen LogP contribution in [0.1, 0.15) is 32.1 Å². The molecule has 0 saturated heterocycles. The molecular formula is C16H18BrCl2NO2. The minimum atomic E-state index is -0.158. The predicted octanol–water partition coefficient (Wildman–Crippen LogP) is 5.14. The number of hydrogen-bond acceptors (Lipinski definition) is 2. The van der Waals surface area contributed by atoms with Crippen molar-refractivity contribution in [2.75, 3.05) is 13.2 Å². The van der Waals surface area contributed by atoms with Crippen molar-refractivity contribution in [3.63, 3.8) is 0 Å². The second kappa shape index (κ2) is 8.80. The van der Waals surface area contributed by atoms with Crippen LogP contribution in [0.3, 0.4) is 0 Å². The summed E-state index contributed by atoms with van der Waals surface area (Å²) in [6, 6.07) is 3.26. The van der Waals surface area contributed by atoms with Gasteiger partial charge in [-0.25, -0.2) is 0 Å². The summed E-state index contributed by atoms with van der Waals surface area (Å²) < 4.78 is 6.09. The molecule has 0 bridgehead atoms. The summed E-state index contributed by atoms with van der Waals surface area (Å²) in [6.45, 7) is 0.572. The molecular weight excluding hydrogens is 389 g/mol. The molecule has 120 valence electrons. The molecule has 1 aliphatic rings. The molecule has 1 aromatic rings. The number of benzene rings is 1. The van der Waals surface area contributed by atoms with E-state index in [1.165, 1.54) is 18.4 Å². The van der Waals surface area contributed by atoms with Crippen LogP contribution in [0.2, 0.25) is 10.0 Å². The first-order valence-corrected chi connectivity index (χ1v) is 8.83. The van der Waals surface area contributed by atoms with Crippen LogP contribution in [0, 0.1) is 0 Å². The molecule has 0 unspecified atom stereocenters. The van der Waals surface area contributed by atoms with Gasteiger partial charge in [0.2, 0.25) is 0 Å². The molecule has 22 heavy (non-hydrogen) atoms. The SMILES string of the molecule is O=C(COc1c(Cl)cc(Cl)cc1Br)NCCC1=CCCCC1. The number of allylic oxidation sites excluding steroid dienone is 1. The monoisotopic (exact) mass is 405 g/mol. The lowest BCUT2D eigenvalue weighted by Crippen LogP contribution is -2.30. The van der Waals surface area contributed by atoms with Crippen molar-refractivity contribution in [3.8, 4) is 5.75 Å². The highest BCUT2D eigenvalue weighted by molar-refractivity contribution is 9.10. The van der Waals surface area contributed by atoms with Crippen LogP contribution < -0.4 is 10.1 Å². The molecule has 1 aliphatic carbocycles. The lowest BCUT2D eigenvalue weighted by Gasteiger charge is -2.13. The number of halogens is 3. The molecule has 0 radical (unpaired) electrons. The highest BCUT2D eigenvalue weighted by Gasteiger charge is 2.11. The number of rotatable bonds is 6. The van der Waals surface area contributed by atoms with Crippen molar-refractivity contribution >= 4 is 45.0 Å². The van der Waals surface area contributed by atoms with E-state index in [9.17, 15) is 4.79 Å². The summed E-state index contributed by atoms with van der Waals surface area (Å²) in [5, 5.41) is 3.74. The Morgan fingerprint density at radius 1 is 1.32 bits per heavy atom. The van der Waals surface area contributed by atoms with E-state index in [4.69, 9.17) is 27.9 Å². The van der Waals surface area contributed by atoms with Crippen molar-refractivity contribution in [2.24, 2.45) is 0 Å². The Labute approximate surface area is 149 Å². The van der Waals surface area contributed by atoms with Gasteiger partial charge in [0.1, 0.15) is 0 Å². The fourth-order valence-corrected chi connectivity index (χ4v) is 3.72. The molecule has 6 heteroatoms. The summed E-state index contributed by atoms with van der Waals surface area (Å²) in [7, 11) is 0. The summed E-state index contributed by atoms with van der Waals surface area (Å²) in [6.07, 6.45) is 8.05. The third-order valence-corrected chi connectivity index (χ3v) is 4.55. The molecule has 1 amide bonds. The molecule has 0 atom stereocenters. The Hall–Kier alpha value is -0.710. The first-order chi connectivity index (χ1) is 10.6. The minimum Gasteiger partial charge on any atom is -0.481 e. The molecule has 0 heterocycles. The highest BCUT2D eigenvalue weighted by atomic mass is 79.9. The van der Waals surface area contributed by atoms with Gasteiger partial charge in [-0.2, -0.15) is 0 Å². The van der Waals surface area contributed by atoms with Gasteiger partial charge in [-0.15, -0.1) is 0 Å². The summed E-state index contributed by atoms with van der Waals surface area (Å²) in [4.78, 5) is 11.8. The third kappa shape index (κ3) is 5.49. The molecule has 1 aromatic carbocycles. The van der Waals surface area contributed by atoms with Crippen LogP contribution in [-0.4, -0.2) is 19.1 Å². The van der Waals surface area contributed by atoms with Crippen LogP contribution in [0.5, 0.6) is 5.75 Å². The van der Waals surface area contributed by atoms with Crippen molar-refractivity contribution in [2.45, 2.75) is 32.1 Å². The second-order valence-corrected chi connectivity index (χ2v) is 6.89. The smallest absolute Gasteiger partial charge is 0.257 e. The molecule has 0 aliphatic heterocycles. The molecule has 0 saturated carbocycles. The topological polar surface area (TPSA) is 38.3 Å². The van der Waals surface area contributed by atoms with Crippen LogP contribution in [0.4, 0.5) is 0 Å². The Balaban J connectivity index is 1.75. The first kappa shape index (κ1) is 17.6. The van der Waals surface area contributed by atoms with Crippen LogP contribution >= 0.6 is 39.1 Å². The summed E-state index contributed by atoms with van der Waals surface area (Å²) in [5.41, 5.74) is 1.44. The van der Waals surface area contributed by atoms with E-state index in [2.05, 4.69) is 27.3 Å². The Morgan fingerprint density at radius 2 is 2.14 bits per heavy atom. The number of carbonyl (C=O) groups is 1. The van der Waals surface area contributed by atoms with Gasteiger partial charge in [0, 0.05) is 11.6 Å². The zero-order valence-corrected chi connectivity index (χ0v) is 15.2. The maximum atomic E-state index is 11.8. The zero-order valence-electron chi connectivity index (χ0n) is 12.1. The van der Waals surface area contributed by atoms with Crippen molar-refractivity contribution < 1.29 is 9.53 Å². The predicted molar refractivity (Wildman–Crippen MR) is 93.8 cm³/mol. The number of carbonyl (C=O) groups excluding carboxylic acids is 1. The van der Waals surface area contributed by atoms with E-state index in [1.54, 1.807) is 12.1 Å². The van der Waals surface area contributed by atoms with E-state index in [-0.39, 0.29) is 12.5 Å². The lowest BCUT2D eigenvalue weighted by atomic mass is 9.97. The normalized spacial score (nSPS) is 14.4. The van der Waals surface area contributed by atoms with Gasteiger partial charge in [-0.3, -0.25) is 4.79 Å². The van der Waals surface area contributed by atoms with Gasteiger partial charge in [-0.1, -0.05) is 34.9 Å². The standard InChI is InChI=1S/C16H18BrCl2NO2/c17-13-8-12(18)9-14(19)16(13)22-10-15(21)20-7-6-11-4-2-1-3-5-11/h4,8-9H,1-3,5-7,10H2,(H,20,21). The van der Waals surface area contributed by atoms with Crippen LogP contribution in [0.25, 0.3) is 0 Å². The van der Waals surface area contributed by atoms with Crippen LogP contribution in [-0.2, 0) is 4.79 Å². The summed E-state index contributed by atoms with van der Waals surface area (Å²) >= 11 is 15.2. The highest BCUT2D eigenvalue weighted by Crippen LogP contribution is 2.35. The van der Waals surface area contributed by atoms with Gasteiger partial charge < -0.3 is 10.1 Å². The van der Waals surface area contributed by atoms with E-state index in [0.29, 0.717) is 26.8 Å². The van der Waals surface area contributed by atoms with E-state index in [1.807, 2.05) is 0 Å².